The van der Waals surface area contributed by atoms with Gasteiger partial charge in [0.15, 0.2) is 0 Å². The molecule has 0 amide bonds. The number of halogens is 2. The van der Waals surface area contributed by atoms with E-state index in [1.165, 1.54) is 0 Å². The smallest absolute Gasteiger partial charge is 0.0883 e. The van der Waals surface area contributed by atoms with Crippen molar-refractivity contribution >= 4 is 35.0 Å². The molecule has 0 heterocycles. The summed E-state index contributed by atoms with van der Waals surface area (Å²) in [6, 6.07) is 0. The molecule has 3 heteroatoms. The van der Waals surface area contributed by atoms with E-state index < -0.39 is 0 Å². The highest BCUT2D eigenvalue weighted by Crippen LogP contribution is 2.45. The van der Waals surface area contributed by atoms with Crippen molar-refractivity contribution < 1.29 is 0 Å². The first kappa shape index (κ1) is 11.9. The van der Waals surface area contributed by atoms with E-state index in [4.69, 9.17) is 23.2 Å². The molecule has 68 valence electrons. The number of thioether (sulfide) groups is 1. The van der Waals surface area contributed by atoms with E-state index in [0.29, 0.717) is 0 Å². The van der Waals surface area contributed by atoms with E-state index in [1.54, 1.807) is 11.8 Å². The molecule has 0 N–H and O–H groups in total. The average Bonchev–Trinajstić information content (AvgIpc) is 1.86. The van der Waals surface area contributed by atoms with Crippen molar-refractivity contribution in [3.63, 3.8) is 0 Å². The normalized spacial score (nSPS) is 22.4. The summed E-state index contributed by atoms with van der Waals surface area (Å²) in [5.41, 5.74) is 0. The van der Waals surface area contributed by atoms with Crippen molar-refractivity contribution in [2.75, 3.05) is 0 Å². The van der Waals surface area contributed by atoms with E-state index in [1.807, 2.05) is 13.8 Å². The highest BCUT2D eigenvalue weighted by atomic mass is 35.5. The lowest BCUT2D eigenvalue weighted by Gasteiger charge is -2.29. The molecule has 0 rings (SSSR count). The molecule has 2 unspecified atom stereocenters. The molecule has 0 spiro atoms. The molecule has 0 bridgehead atoms. The fourth-order valence-electron chi connectivity index (χ4n) is 0.588. The Hall–Kier alpha value is 0.930. The first-order valence-electron chi connectivity index (χ1n) is 3.91. The molecular formula is C8H16Cl2S. The lowest BCUT2D eigenvalue weighted by Crippen LogP contribution is -2.20. The zero-order valence-corrected chi connectivity index (χ0v) is 9.91. The zero-order chi connectivity index (χ0) is 9.12. The van der Waals surface area contributed by atoms with Gasteiger partial charge >= 0.3 is 0 Å². The average molecular weight is 215 g/mol. The van der Waals surface area contributed by atoms with Crippen LogP contribution in [0.5, 0.6) is 0 Å². The van der Waals surface area contributed by atoms with Gasteiger partial charge in [0.2, 0.25) is 0 Å². The summed E-state index contributed by atoms with van der Waals surface area (Å²) in [6.45, 7) is 8.16. The van der Waals surface area contributed by atoms with Crippen LogP contribution in [0.3, 0.4) is 0 Å². The predicted molar refractivity (Wildman–Crippen MR) is 56.7 cm³/mol. The second-order valence-electron chi connectivity index (χ2n) is 3.01. The quantitative estimate of drug-likeness (QED) is 0.624. The molecule has 0 saturated heterocycles. The maximum atomic E-state index is 6.16. The Balaban J connectivity index is 4.02. The lowest BCUT2D eigenvalue weighted by molar-refractivity contribution is 0.783. The van der Waals surface area contributed by atoms with Crippen molar-refractivity contribution in [2.24, 2.45) is 0 Å². The summed E-state index contributed by atoms with van der Waals surface area (Å²) in [7, 11) is 0. The van der Waals surface area contributed by atoms with E-state index in [0.717, 1.165) is 12.8 Å². The Morgan fingerprint density at radius 1 is 1.00 bits per heavy atom. The van der Waals surface area contributed by atoms with Crippen molar-refractivity contribution in [1.82, 2.24) is 0 Å². The highest BCUT2D eigenvalue weighted by molar-refractivity contribution is 8.04. The van der Waals surface area contributed by atoms with Crippen LogP contribution in [0.4, 0.5) is 0 Å². The molecular weight excluding hydrogens is 199 g/mol. The molecule has 0 fully saturated rings. The van der Waals surface area contributed by atoms with Crippen molar-refractivity contribution in [3.8, 4) is 0 Å². The Kier molecular flexibility index (Phi) is 4.61. The van der Waals surface area contributed by atoms with Gasteiger partial charge in [-0.2, -0.15) is 0 Å². The fraction of sp³-hybridized carbons (Fsp3) is 1.00. The third kappa shape index (κ3) is 5.21. The second kappa shape index (κ2) is 4.25. The number of alkyl halides is 2. The summed E-state index contributed by atoms with van der Waals surface area (Å²) in [6.07, 6.45) is 1.86. The summed E-state index contributed by atoms with van der Waals surface area (Å²) in [5.74, 6) is 0. The molecule has 0 nitrogen and oxygen atoms in total. The van der Waals surface area contributed by atoms with Crippen LogP contribution in [-0.2, 0) is 0 Å². The van der Waals surface area contributed by atoms with E-state index in [-0.39, 0.29) is 8.41 Å². The van der Waals surface area contributed by atoms with Gasteiger partial charge in [-0.15, -0.1) is 35.0 Å². The van der Waals surface area contributed by atoms with Crippen molar-refractivity contribution in [3.05, 3.63) is 0 Å². The van der Waals surface area contributed by atoms with Crippen LogP contribution in [0, 0.1) is 0 Å². The summed E-state index contributed by atoms with van der Waals surface area (Å²) < 4.78 is -0.432. The Morgan fingerprint density at radius 2 is 1.27 bits per heavy atom. The molecule has 0 aromatic carbocycles. The summed E-state index contributed by atoms with van der Waals surface area (Å²) in [4.78, 5) is 0. The largest absolute Gasteiger partial charge is 0.117 e. The van der Waals surface area contributed by atoms with Crippen LogP contribution in [0.15, 0.2) is 0 Å². The third-order valence-electron chi connectivity index (χ3n) is 1.69. The minimum Gasteiger partial charge on any atom is -0.117 e. The zero-order valence-electron chi connectivity index (χ0n) is 7.58. The molecule has 0 radical (unpaired) electrons. The first-order valence-corrected chi connectivity index (χ1v) is 5.48. The van der Waals surface area contributed by atoms with Gasteiger partial charge < -0.3 is 0 Å². The molecule has 0 aromatic rings. The summed E-state index contributed by atoms with van der Waals surface area (Å²) >= 11 is 14.0. The monoisotopic (exact) mass is 214 g/mol. The van der Waals surface area contributed by atoms with Crippen LogP contribution >= 0.6 is 35.0 Å². The Labute approximate surface area is 84.0 Å². The van der Waals surface area contributed by atoms with E-state index in [2.05, 4.69) is 13.8 Å². The molecule has 0 aliphatic carbocycles. The van der Waals surface area contributed by atoms with Crippen LogP contribution in [0.2, 0.25) is 0 Å². The second-order valence-corrected chi connectivity index (χ2v) is 7.14. The SMILES string of the molecule is CCC(C)(Cl)SC(C)(Cl)CC. The highest BCUT2D eigenvalue weighted by Gasteiger charge is 2.30. The van der Waals surface area contributed by atoms with Gasteiger partial charge in [-0.25, -0.2) is 0 Å². The molecule has 2 atom stereocenters. The molecule has 0 aromatic heterocycles. The minimum atomic E-state index is -0.216. The topological polar surface area (TPSA) is 0 Å². The van der Waals surface area contributed by atoms with Gasteiger partial charge in [-0.3, -0.25) is 0 Å². The van der Waals surface area contributed by atoms with E-state index >= 15 is 0 Å². The number of hydrogen-bond donors (Lipinski definition) is 0. The fourth-order valence-corrected chi connectivity index (χ4v) is 2.90. The number of hydrogen-bond acceptors (Lipinski definition) is 1. The molecule has 0 aliphatic rings. The lowest BCUT2D eigenvalue weighted by atomic mass is 10.3. The van der Waals surface area contributed by atoms with Crippen molar-refractivity contribution in [2.45, 2.75) is 48.9 Å². The number of rotatable bonds is 4. The van der Waals surface area contributed by atoms with Crippen LogP contribution in [0.25, 0.3) is 0 Å². The predicted octanol–water partition coefficient (Wildman–Crippen LogP) is 4.45. The van der Waals surface area contributed by atoms with Crippen LogP contribution < -0.4 is 0 Å². The van der Waals surface area contributed by atoms with Crippen LogP contribution in [-0.4, -0.2) is 8.41 Å². The van der Waals surface area contributed by atoms with Gasteiger partial charge in [-0.05, 0) is 26.7 Å². The van der Waals surface area contributed by atoms with Gasteiger partial charge in [0, 0.05) is 0 Å². The van der Waals surface area contributed by atoms with Crippen LogP contribution in [0.1, 0.15) is 40.5 Å². The maximum Gasteiger partial charge on any atom is 0.0883 e. The standard InChI is InChI=1S/C8H16Cl2S/c1-5-7(3,9)11-8(4,10)6-2/h5-6H2,1-4H3. The Bertz CT molecular complexity index is 107. The minimum absolute atomic E-state index is 0.216. The molecule has 0 aliphatic heterocycles. The molecule has 11 heavy (non-hydrogen) atoms. The maximum absolute atomic E-state index is 6.16. The summed E-state index contributed by atoms with van der Waals surface area (Å²) in [5, 5.41) is 0. The van der Waals surface area contributed by atoms with Gasteiger partial charge in [0.05, 0.1) is 8.41 Å². The third-order valence-corrected chi connectivity index (χ3v) is 4.11. The molecule has 0 saturated carbocycles. The van der Waals surface area contributed by atoms with Gasteiger partial charge in [0.25, 0.3) is 0 Å². The van der Waals surface area contributed by atoms with E-state index in [9.17, 15) is 0 Å². The van der Waals surface area contributed by atoms with Gasteiger partial charge in [-0.1, -0.05) is 13.8 Å². The van der Waals surface area contributed by atoms with Gasteiger partial charge in [0.1, 0.15) is 0 Å². The first-order chi connectivity index (χ1) is 4.83. The van der Waals surface area contributed by atoms with Crippen molar-refractivity contribution in [1.29, 1.82) is 0 Å². The Morgan fingerprint density at radius 3 is 1.45 bits per heavy atom.